The van der Waals surface area contributed by atoms with E-state index in [2.05, 4.69) is 61.8 Å². The predicted molar refractivity (Wildman–Crippen MR) is 117 cm³/mol. The van der Waals surface area contributed by atoms with Gasteiger partial charge in [-0.1, -0.05) is 39.8 Å². The Bertz CT molecular complexity index is 747. The summed E-state index contributed by atoms with van der Waals surface area (Å²) in [5, 5.41) is 10.6. The van der Waals surface area contributed by atoms with Crippen molar-refractivity contribution in [1.29, 1.82) is 0 Å². The second-order valence-corrected chi connectivity index (χ2v) is 8.39. The number of hydrogen-bond donors (Lipinski definition) is 1. The molecular weight excluding hydrogens is 348 g/mol. The lowest BCUT2D eigenvalue weighted by molar-refractivity contribution is 0.249. The molecule has 1 fully saturated rings. The van der Waals surface area contributed by atoms with E-state index >= 15 is 0 Å². The Morgan fingerprint density at radius 2 is 1.43 bits per heavy atom. The lowest BCUT2D eigenvalue weighted by atomic mass is 9.91. The largest absolute Gasteiger partial charge is 0.507 e. The van der Waals surface area contributed by atoms with Crippen LogP contribution in [0, 0.1) is 0 Å². The van der Waals surface area contributed by atoms with E-state index in [-0.39, 0.29) is 0 Å². The minimum Gasteiger partial charge on any atom is -0.507 e. The smallest absolute Gasteiger partial charge is 0.122 e. The lowest BCUT2D eigenvalue weighted by Gasteiger charge is -2.36. The maximum atomic E-state index is 10.6. The summed E-state index contributed by atoms with van der Waals surface area (Å²) in [6.45, 7) is 13.7. The highest BCUT2D eigenvalue weighted by Crippen LogP contribution is 2.35. The fraction of sp³-hybridized carbons (Fsp3) is 0.500. The van der Waals surface area contributed by atoms with Crippen molar-refractivity contribution in [3.8, 4) is 11.5 Å². The van der Waals surface area contributed by atoms with Crippen LogP contribution in [-0.2, 0) is 6.54 Å². The highest BCUT2D eigenvalue weighted by molar-refractivity contribution is 5.50. The average Bonchev–Trinajstić information content (AvgIpc) is 2.69. The third kappa shape index (κ3) is 4.61. The van der Waals surface area contributed by atoms with Crippen LogP contribution in [0.3, 0.4) is 0 Å². The highest BCUT2D eigenvalue weighted by atomic mass is 16.5. The second-order valence-electron chi connectivity index (χ2n) is 8.39. The zero-order valence-corrected chi connectivity index (χ0v) is 17.9. The molecule has 1 aliphatic rings. The minimum atomic E-state index is 0.323. The van der Waals surface area contributed by atoms with Crippen LogP contribution in [0.15, 0.2) is 36.4 Å². The van der Waals surface area contributed by atoms with Crippen LogP contribution < -0.4 is 9.64 Å². The highest BCUT2D eigenvalue weighted by Gasteiger charge is 2.20. The van der Waals surface area contributed by atoms with E-state index < -0.39 is 0 Å². The number of phenols is 1. The van der Waals surface area contributed by atoms with Crippen LogP contribution in [0.5, 0.6) is 11.5 Å². The van der Waals surface area contributed by atoms with Gasteiger partial charge in [-0.25, -0.2) is 0 Å². The summed E-state index contributed by atoms with van der Waals surface area (Å²) in [6, 6.07) is 12.7. The van der Waals surface area contributed by atoms with E-state index in [1.807, 2.05) is 12.1 Å². The summed E-state index contributed by atoms with van der Waals surface area (Å²) in [5.74, 6) is 2.03. The Morgan fingerprint density at radius 1 is 0.893 bits per heavy atom. The molecule has 2 aromatic carbocycles. The van der Waals surface area contributed by atoms with E-state index in [4.69, 9.17) is 4.74 Å². The van der Waals surface area contributed by atoms with E-state index in [9.17, 15) is 5.11 Å². The minimum absolute atomic E-state index is 0.323. The molecule has 0 aliphatic carbocycles. The first-order valence-electron chi connectivity index (χ1n) is 10.4. The molecule has 1 N–H and O–H groups in total. The van der Waals surface area contributed by atoms with Crippen molar-refractivity contribution in [2.24, 2.45) is 0 Å². The monoisotopic (exact) mass is 382 g/mol. The van der Waals surface area contributed by atoms with E-state index in [0.29, 0.717) is 17.6 Å². The molecule has 152 valence electrons. The number of ether oxygens (including phenoxy) is 1. The Labute approximate surface area is 169 Å². The first-order valence-corrected chi connectivity index (χ1v) is 10.4. The molecule has 0 saturated carbocycles. The van der Waals surface area contributed by atoms with Gasteiger partial charge in [0, 0.05) is 38.4 Å². The molecule has 4 heteroatoms. The molecule has 0 unspecified atom stereocenters. The third-order valence-electron chi connectivity index (χ3n) is 5.69. The fourth-order valence-corrected chi connectivity index (χ4v) is 3.93. The first kappa shape index (κ1) is 20.5. The zero-order valence-electron chi connectivity index (χ0n) is 17.9. The van der Waals surface area contributed by atoms with Crippen LogP contribution >= 0.6 is 0 Å². The van der Waals surface area contributed by atoms with E-state index in [0.717, 1.165) is 49.6 Å². The van der Waals surface area contributed by atoms with Gasteiger partial charge in [0.15, 0.2) is 0 Å². The molecular formula is C24H34N2O2. The Morgan fingerprint density at radius 3 is 1.89 bits per heavy atom. The summed E-state index contributed by atoms with van der Waals surface area (Å²) >= 11 is 0. The number of methoxy groups -OCH3 is 1. The van der Waals surface area contributed by atoms with Gasteiger partial charge in [-0.15, -0.1) is 0 Å². The van der Waals surface area contributed by atoms with Gasteiger partial charge in [-0.2, -0.15) is 0 Å². The van der Waals surface area contributed by atoms with Gasteiger partial charge < -0.3 is 14.7 Å². The topological polar surface area (TPSA) is 35.9 Å². The van der Waals surface area contributed by atoms with Gasteiger partial charge in [-0.05, 0) is 52.8 Å². The molecule has 1 heterocycles. The summed E-state index contributed by atoms with van der Waals surface area (Å²) in [4.78, 5) is 4.95. The number of nitrogens with zero attached hydrogens (tertiary/aromatic N) is 2. The Kier molecular flexibility index (Phi) is 6.50. The van der Waals surface area contributed by atoms with Crippen LogP contribution in [0.1, 0.15) is 56.2 Å². The summed E-state index contributed by atoms with van der Waals surface area (Å²) < 4.78 is 5.26. The molecule has 0 spiro atoms. The molecule has 3 rings (SSSR count). The van der Waals surface area contributed by atoms with Crippen molar-refractivity contribution in [3.63, 3.8) is 0 Å². The molecule has 2 aromatic rings. The number of piperazine rings is 1. The SMILES string of the molecule is COc1ccc(N2CCN(Cc3cc(C(C)C)c(O)c(C(C)C)c3)CC2)cc1. The third-order valence-corrected chi connectivity index (χ3v) is 5.69. The van der Waals surface area contributed by atoms with Crippen LogP contribution in [0.4, 0.5) is 5.69 Å². The summed E-state index contributed by atoms with van der Waals surface area (Å²) in [7, 11) is 1.70. The maximum Gasteiger partial charge on any atom is 0.122 e. The zero-order chi connectivity index (χ0) is 20.3. The van der Waals surface area contributed by atoms with Gasteiger partial charge in [0.2, 0.25) is 0 Å². The fourth-order valence-electron chi connectivity index (χ4n) is 3.93. The molecule has 4 nitrogen and oxygen atoms in total. The lowest BCUT2D eigenvalue weighted by Crippen LogP contribution is -2.46. The van der Waals surface area contributed by atoms with Crippen molar-refractivity contribution < 1.29 is 9.84 Å². The van der Waals surface area contributed by atoms with Crippen LogP contribution in [-0.4, -0.2) is 43.3 Å². The normalized spacial score (nSPS) is 15.5. The molecule has 0 amide bonds. The average molecular weight is 383 g/mol. The predicted octanol–water partition coefficient (Wildman–Crippen LogP) is 4.97. The standard InChI is InChI=1S/C24H34N2O2/c1-17(2)22-14-19(15-23(18(3)4)24(22)27)16-25-10-12-26(13-11-25)20-6-8-21(28-5)9-7-20/h6-9,14-15,17-18,27H,10-13,16H2,1-5H3. The number of aromatic hydroxyl groups is 1. The van der Waals surface area contributed by atoms with Crippen molar-refractivity contribution in [3.05, 3.63) is 53.1 Å². The number of rotatable bonds is 6. The second kappa shape index (κ2) is 8.87. The van der Waals surface area contributed by atoms with Gasteiger partial charge in [0.1, 0.15) is 11.5 Å². The van der Waals surface area contributed by atoms with Crippen molar-refractivity contribution >= 4 is 5.69 Å². The number of hydrogen-bond acceptors (Lipinski definition) is 4. The number of phenolic OH excluding ortho intramolecular Hbond substituents is 1. The van der Waals surface area contributed by atoms with Gasteiger partial charge in [0.25, 0.3) is 0 Å². The van der Waals surface area contributed by atoms with Gasteiger partial charge >= 0.3 is 0 Å². The van der Waals surface area contributed by atoms with Gasteiger partial charge in [-0.3, -0.25) is 4.90 Å². The summed E-state index contributed by atoms with van der Waals surface area (Å²) in [6.07, 6.45) is 0. The summed E-state index contributed by atoms with van der Waals surface area (Å²) in [5.41, 5.74) is 4.70. The first-order chi connectivity index (χ1) is 13.4. The van der Waals surface area contributed by atoms with Crippen molar-refractivity contribution in [2.75, 3.05) is 38.2 Å². The van der Waals surface area contributed by atoms with Crippen molar-refractivity contribution in [1.82, 2.24) is 4.90 Å². The Hall–Kier alpha value is -2.20. The molecule has 28 heavy (non-hydrogen) atoms. The quantitative estimate of drug-likeness (QED) is 0.765. The molecule has 0 bridgehead atoms. The van der Waals surface area contributed by atoms with Crippen molar-refractivity contribution in [2.45, 2.75) is 46.1 Å². The Balaban J connectivity index is 1.67. The maximum absolute atomic E-state index is 10.6. The molecule has 0 atom stereocenters. The van der Waals surface area contributed by atoms with E-state index in [1.165, 1.54) is 11.3 Å². The molecule has 0 radical (unpaired) electrons. The van der Waals surface area contributed by atoms with Crippen LogP contribution in [0.25, 0.3) is 0 Å². The van der Waals surface area contributed by atoms with E-state index in [1.54, 1.807) is 7.11 Å². The van der Waals surface area contributed by atoms with Crippen LogP contribution in [0.2, 0.25) is 0 Å². The molecule has 1 aliphatic heterocycles. The van der Waals surface area contributed by atoms with Gasteiger partial charge in [0.05, 0.1) is 7.11 Å². The molecule has 1 saturated heterocycles. The number of benzene rings is 2. The number of anilines is 1. The molecule has 0 aromatic heterocycles.